The molecule has 1 aromatic rings. The first-order chi connectivity index (χ1) is 12.9. The largest absolute Gasteiger partial charge is 0.497 e. The van der Waals surface area contributed by atoms with Crippen LogP contribution in [0, 0.1) is 0 Å². The number of ether oxygens (including phenoxy) is 2. The maximum Gasteiger partial charge on any atom is 0.326 e. The summed E-state index contributed by atoms with van der Waals surface area (Å²) in [6.07, 6.45) is 1.84. The summed E-state index contributed by atoms with van der Waals surface area (Å²) in [6, 6.07) is 5.83. The van der Waals surface area contributed by atoms with Crippen LogP contribution in [0.4, 0.5) is 4.79 Å². The second-order valence-electron chi connectivity index (χ2n) is 6.84. The third-order valence-electron chi connectivity index (χ3n) is 5.04. The molecule has 144 valence electrons. The van der Waals surface area contributed by atoms with Crippen molar-refractivity contribution in [1.29, 1.82) is 0 Å². The molecule has 1 heterocycles. The number of Topliss-reactive ketones (excluding diaryl/α,β-unsaturated/α-hetero) is 1. The molecule has 0 unspecified atom stereocenters. The third-order valence-corrected chi connectivity index (χ3v) is 5.04. The third kappa shape index (κ3) is 3.65. The predicted molar refractivity (Wildman–Crippen MR) is 94.3 cm³/mol. The maximum absolute atomic E-state index is 12.5. The van der Waals surface area contributed by atoms with Gasteiger partial charge in [0.2, 0.25) is 5.78 Å². The zero-order valence-corrected chi connectivity index (χ0v) is 15.3. The number of benzene rings is 1. The average Bonchev–Trinajstić information content (AvgIpc) is 3.22. The second kappa shape index (κ2) is 7.38. The molecule has 0 bridgehead atoms. The summed E-state index contributed by atoms with van der Waals surface area (Å²) in [5.74, 6) is -0.968. The molecule has 8 heteroatoms. The van der Waals surface area contributed by atoms with E-state index in [4.69, 9.17) is 9.47 Å². The zero-order valence-electron chi connectivity index (χ0n) is 15.3. The number of methoxy groups -OCH3 is 1. The molecule has 1 aliphatic carbocycles. The van der Waals surface area contributed by atoms with Crippen LogP contribution in [0.1, 0.15) is 43.0 Å². The summed E-state index contributed by atoms with van der Waals surface area (Å²) in [7, 11) is 1.52. The second-order valence-corrected chi connectivity index (χ2v) is 6.84. The average molecular weight is 374 g/mol. The van der Waals surface area contributed by atoms with Gasteiger partial charge in [0.25, 0.3) is 5.91 Å². The van der Waals surface area contributed by atoms with Crippen molar-refractivity contribution in [1.82, 2.24) is 10.2 Å². The molecule has 1 atom stereocenters. The van der Waals surface area contributed by atoms with Crippen molar-refractivity contribution in [3.8, 4) is 5.75 Å². The standard InChI is InChI=1S/C19H22N2O6/c1-12(16(23)13-5-7-14(26-2)8-6-13)27-15(22)11-21-17(24)19(20-18(21)25)9-3-4-10-19/h5-8,12H,3-4,9-11H2,1-2H3,(H,20,25)/t12-/m0/s1. The summed E-state index contributed by atoms with van der Waals surface area (Å²) in [5.41, 5.74) is -0.502. The fourth-order valence-electron chi connectivity index (χ4n) is 3.54. The molecule has 1 aliphatic heterocycles. The Bertz CT molecular complexity index is 767. The summed E-state index contributed by atoms with van der Waals surface area (Å²) in [5, 5.41) is 2.70. The van der Waals surface area contributed by atoms with Crippen LogP contribution in [0.5, 0.6) is 5.75 Å². The van der Waals surface area contributed by atoms with E-state index in [0.717, 1.165) is 17.7 Å². The molecule has 8 nitrogen and oxygen atoms in total. The fourth-order valence-corrected chi connectivity index (χ4v) is 3.54. The van der Waals surface area contributed by atoms with E-state index in [1.165, 1.54) is 14.0 Å². The van der Waals surface area contributed by atoms with Crippen LogP contribution in [-0.2, 0) is 14.3 Å². The maximum atomic E-state index is 12.5. The zero-order chi connectivity index (χ0) is 19.6. The van der Waals surface area contributed by atoms with Crippen molar-refractivity contribution in [2.75, 3.05) is 13.7 Å². The Morgan fingerprint density at radius 3 is 2.41 bits per heavy atom. The Labute approximate surface area is 156 Å². The van der Waals surface area contributed by atoms with Crippen LogP contribution < -0.4 is 10.1 Å². The van der Waals surface area contributed by atoms with Crippen molar-refractivity contribution in [3.05, 3.63) is 29.8 Å². The van der Waals surface area contributed by atoms with Gasteiger partial charge in [-0.15, -0.1) is 0 Å². The molecule has 1 aromatic carbocycles. The van der Waals surface area contributed by atoms with Gasteiger partial charge in [-0.1, -0.05) is 12.8 Å². The SMILES string of the molecule is COc1ccc(C(=O)[C@H](C)OC(=O)CN2C(=O)NC3(CCCC3)C2=O)cc1. The first-order valence-corrected chi connectivity index (χ1v) is 8.88. The van der Waals surface area contributed by atoms with Crippen LogP contribution in [-0.4, -0.2) is 53.9 Å². The molecule has 3 rings (SSSR count). The molecule has 1 N–H and O–H groups in total. The van der Waals surface area contributed by atoms with Gasteiger partial charge in [0.15, 0.2) is 6.10 Å². The Balaban J connectivity index is 1.59. The Morgan fingerprint density at radius 1 is 1.19 bits per heavy atom. The van der Waals surface area contributed by atoms with E-state index in [1.54, 1.807) is 24.3 Å². The minimum absolute atomic E-state index is 0.371. The highest BCUT2D eigenvalue weighted by atomic mass is 16.5. The van der Waals surface area contributed by atoms with E-state index >= 15 is 0 Å². The van der Waals surface area contributed by atoms with Gasteiger partial charge in [-0.3, -0.25) is 19.3 Å². The van der Waals surface area contributed by atoms with E-state index in [0.29, 0.717) is 24.2 Å². The summed E-state index contributed by atoms with van der Waals surface area (Å²) in [4.78, 5) is 50.0. The Morgan fingerprint density at radius 2 is 1.81 bits per heavy atom. The van der Waals surface area contributed by atoms with Crippen molar-refractivity contribution in [2.45, 2.75) is 44.2 Å². The number of imide groups is 1. The van der Waals surface area contributed by atoms with E-state index < -0.39 is 36.1 Å². The van der Waals surface area contributed by atoms with E-state index in [2.05, 4.69) is 5.32 Å². The number of ketones is 1. The summed E-state index contributed by atoms with van der Waals surface area (Å²) >= 11 is 0. The highest BCUT2D eigenvalue weighted by molar-refractivity contribution is 6.09. The van der Waals surface area contributed by atoms with Crippen LogP contribution in [0.2, 0.25) is 0 Å². The molecule has 27 heavy (non-hydrogen) atoms. The minimum Gasteiger partial charge on any atom is -0.497 e. The lowest BCUT2D eigenvalue weighted by Gasteiger charge is -2.20. The van der Waals surface area contributed by atoms with Gasteiger partial charge in [0, 0.05) is 5.56 Å². The normalized spacial score (nSPS) is 19.1. The number of nitrogens with one attached hydrogen (secondary N) is 1. The van der Waals surface area contributed by atoms with Gasteiger partial charge in [0.05, 0.1) is 7.11 Å². The fraction of sp³-hybridized carbons (Fsp3) is 0.474. The number of esters is 1. The van der Waals surface area contributed by atoms with Gasteiger partial charge in [-0.2, -0.15) is 0 Å². The van der Waals surface area contributed by atoms with Gasteiger partial charge in [-0.05, 0) is 44.0 Å². The van der Waals surface area contributed by atoms with Crippen LogP contribution in [0.25, 0.3) is 0 Å². The van der Waals surface area contributed by atoms with Crippen LogP contribution in [0.3, 0.4) is 0 Å². The van der Waals surface area contributed by atoms with E-state index in [-0.39, 0.29) is 5.78 Å². The van der Waals surface area contributed by atoms with E-state index in [9.17, 15) is 19.2 Å². The first-order valence-electron chi connectivity index (χ1n) is 8.88. The van der Waals surface area contributed by atoms with Crippen molar-refractivity contribution >= 4 is 23.7 Å². The molecule has 1 saturated heterocycles. The number of carbonyl (C=O) groups is 4. The quantitative estimate of drug-likeness (QED) is 0.462. The topological polar surface area (TPSA) is 102 Å². The summed E-state index contributed by atoms with van der Waals surface area (Å²) < 4.78 is 10.2. The molecular formula is C19H22N2O6. The molecule has 1 saturated carbocycles. The minimum atomic E-state index is -1.04. The monoisotopic (exact) mass is 374 g/mol. The molecule has 0 aromatic heterocycles. The van der Waals surface area contributed by atoms with Crippen molar-refractivity contribution in [3.63, 3.8) is 0 Å². The van der Waals surface area contributed by atoms with Crippen LogP contribution >= 0.6 is 0 Å². The smallest absolute Gasteiger partial charge is 0.326 e. The number of rotatable bonds is 6. The lowest BCUT2D eigenvalue weighted by molar-refractivity contribution is -0.149. The Kier molecular flexibility index (Phi) is 5.16. The summed E-state index contributed by atoms with van der Waals surface area (Å²) in [6.45, 7) is 0.946. The van der Waals surface area contributed by atoms with E-state index in [1.807, 2.05) is 0 Å². The predicted octanol–water partition coefficient (Wildman–Crippen LogP) is 1.67. The van der Waals surface area contributed by atoms with Gasteiger partial charge < -0.3 is 14.8 Å². The lowest BCUT2D eigenvalue weighted by atomic mass is 9.98. The highest BCUT2D eigenvalue weighted by Crippen LogP contribution is 2.34. The molecule has 1 spiro atoms. The highest BCUT2D eigenvalue weighted by Gasteiger charge is 2.52. The number of hydrogen-bond donors (Lipinski definition) is 1. The van der Waals surface area contributed by atoms with Crippen molar-refractivity contribution in [2.24, 2.45) is 0 Å². The Hall–Kier alpha value is -2.90. The van der Waals surface area contributed by atoms with Crippen LogP contribution in [0.15, 0.2) is 24.3 Å². The molecule has 2 aliphatic rings. The molecule has 3 amide bonds. The number of nitrogens with zero attached hydrogens (tertiary/aromatic N) is 1. The van der Waals surface area contributed by atoms with Gasteiger partial charge >= 0.3 is 12.0 Å². The number of amides is 3. The molecular weight excluding hydrogens is 352 g/mol. The van der Waals surface area contributed by atoms with Gasteiger partial charge in [0.1, 0.15) is 17.8 Å². The van der Waals surface area contributed by atoms with Crippen molar-refractivity contribution < 1.29 is 28.7 Å². The number of carbonyl (C=O) groups excluding carboxylic acids is 4. The number of urea groups is 1. The number of hydrogen-bond acceptors (Lipinski definition) is 6. The molecule has 2 fully saturated rings. The molecule has 0 radical (unpaired) electrons. The van der Waals surface area contributed by atoms with Gasteiger partial charge in [-0.25, -0.2) is 4.79 Å². The first kappa shape index (κ1) is 18.9. The lowest BCUT2D eigenvalue weighted by Crippen LogP contribution is -2.44.